The first-order valence-corrected chi connectivity index (χ1v) is 21.9. The Kier molecular flexibility index (Phi) is 12.7. The Morgan fingerprint density at radius 2 is 0.862 bits per heavy atom. The standard InChI is InChI=1S/C49H60N2O7/c1-6-10-14-29(15-11-7-2)31(27-52)25-50-46(54)36-21-18-33-34-19-22-38-43-39(49(57)51(48(38)56)26-32(28-53)30(16-12-8-3)17-13-9-4)24-40(58-5)44(45(34)43)35-20-23-37(47(50)55)42(36)41(33)35/h18-24,29-32,52-53H,6-17,25-28H2,1-5H3. The van der Waals surface area contributed by atoms with Crippen molar-refractivity contribution >= 4 is 66.7 Å². The van der Waals surface area contributed by atoms with Crippen molar-refractivity contribution in [2.24, 2.45) is 23.7 Å². The van der Waals surface area contributed by atoms with E-state index in [1.807, 2.05) is 18.2 Å². The van der Waals surface area contributed by atoms with E-state index in [0.717, 1.165) is 104 Å². The summed E-state index contributed by atoms with van der Waals surface area (Å²) < 4.78 is 6.06. The number of benzene rings is 5. The maximum atomic E-state index is 14.5. The van der Waals surface area contributed by atoms with Crippen LogP contribution in [0.15, 0.2) is 42.5 Å². The maximum Gasteiger partial charge on any atom is 0.261 e. The molecule has 0 fully saturated rings. The molecular formula is C49H60N2O7. The molecule has 0 saturated carbocycles. The number of fused-ring (bicyclic) bond motifs is 2. The van der Waals surface area contributed by atoms with Crippen LogP contribution in [0.25, 0.3) is 43.1 Å². The van der Waals surface area contributed by atoms with Gasteiger partial charge in [-0.25, -0.2) is 0 Å². The first-order chi connectivity index (χ1) is 28.2. The molecule has 2 aliphatic rings. The van der Waals surface area contributed by atoms with Crippen LogP contribution in [-0.4, -0.2) is 77.1 Å². The second kappa shape index (κ2) is 17.7. The third kappa shape index (κ3) is 7.02. The predicted molar refractivity (Wildman–Crippen MR) is 231 cm³/mol. The van der Waals surface area contributed by atoms with Crippen LogP contribution >= 0.6 is 0 Å². The smallest absolute Gasteiger partial charge is 0.261 e. The zero-order valence-corrected chi connectivity index (χ0v) is 35.0. The van der Waals surface area contributed by atoms with Crippen molar-refractivity contribution in [2.45, 2.75) is 105 Å². The molecule has 0 aromatic heterocycles. The van der Waals surface area contributed by atoms with Crippen molar-refractivity contribution in [2.75, 3.05) is 33.4 Å². The normalized spacial score (nSPS) is 15.5. The largest absolute Gasteiger partial charge is 0.496 e. The fourth-order valence-corrected chi connectivity index (χ4v) is 10.2. The number of amides is 4. The van der Waals surface area contributed by atoms with E-state index in [2.05, 4.69) is 27.7 Å². The topological polar surface area (TPSA) is 124 Å². The molecule has 58 heavy (non-hydrogen) atoms. The monoisotopic (exact) mass is 788 g/mol. The Morgan fingerprint density at radius 3 is 1.26 bits per heavy atom. The molecular weight excluding hydrogens is 729 g/mol. The van der Waals surface area contributed by atoms with Crippen molar-refractivity contribution in [3.8, 4) is 5.75 Å². The third-order valence-corrected chi connectivity index (χ3v) is 13.4. The van der Waals surface area contributed by atoms with Gasteiger partial charge in [0.2, 0.25) is 0 Å². The molecule has 308 valence electrons. The van der Waals surface area contributed by atoms with E-state index >= 15 is 0 Å². The highest BCUT2D eigenvalue weighted by Gasteiger charge is 2.40. The van der Waals surface area contributed by atoms with Crippen LogP contribution in [0.1, 0.15) is 146 Å². The summed E-state index contributed by atoms with van der Waals surface area (Å²) in [5.74, 6) is -1.07. The zero-order chi connectivity index (χ0) is 41.2. The summed E-state index contributed by atoms with van der Waals surface area (Å²) >= 11 is 0. The minimum atomic E-state index is -0.400. The molecule has 2 heterocycles. The summed E-state index contributed by atoms with van der Waals surface area (Å²) in [5, 5.41) is 27.0. The van der Waals surface area contributed by atoms with Crippen LogP contribution in [0.2, 0.25) is 0 Å². The fraction of sp³-hybridized carbons (Fsp3) is 0.510. The molecule has 7 rings (SSSR count). The molecule has 5 aromatic rings. The van der Waals surface area contributed by atoms with Gasteiger partial charge in [-0.15, -0.1) is 0 Å². The molecule has 4 amide bonds. The highest BCUT2D eigenvalue weighted by Crippen LogP contribution is 2.49. The van der Waals surface area contributed by atoms with Gasteiger partial charge in [0.15, 0.2) is 0 Å². The van der Waals surface area contributed by atoms with Crippen molar-refractivity contribution in [1.29, 1.82) is 0 Å². The summed E-state index contributed by atoms with van der Waals surface area (Å²) in [7, 11) is 1.56. The number of nitrogens with zero attached hydrogens (tertiary/aromatic N) is 2. The van der Waals surface area contributed by atoms with E-state index in [9.17, 15) is 29.4 Å². The number of aliphatic hydroxyl groups is 2. The number of rotatable bonds is 21. The average Bonchev–Trinajstić information content (AvgIpc) is 3.24. The summed E-state index contributed by atoms with van der Waals surface area (Å²) in [6.45, 7) is 8.71. The lowest BCUT2D eigenvalue weighted by Crippen LogP contribution is -2.45. The number of methoxy groups -OCH3 is 1. The summed E-state index contributed by atoms with van der Waals surface area (Å²) in [6.07, 6.45) is 12.1. The zero-order valence-electron chi connectivity index (χ0n) is 35.0. The third-order valence-electron chi connectivity index (χ3n) is 13.4. The molecule has 2 aliphatic heterocycles. The highest BCUT2D eigenvalue weighted by atomic mass is 16.5. The van der Waals surface area contributed by atoms with E-state index in [4.69, 9.17) is 4.74 Å². The second-order valence-corrected chi connectivity index (χ2v) is 16.9. The van der Waals surface area contributed by atoms with Crippen molar-refractivity contribution in [3.05, 3.63) is 64.7 Å². The van der Waals surface area contributed by atoms with Gasteiger partial charge in [0, 0.05) is 76.4 Å². The first-order valence-electron chi connectivity index (χ1n) is 21.9. The fourth-order valence-electron chi connectivity index (χ4n) is 10.2. The summed E-state index contributed by atoms with van der Waals surface area (Å²) in [4.78, 5) is 60.4. The number of imide groups is 2. The number of ether oxygens (including phenoxy) is 1. The van der Waals surface area contributed by atoms with Gasteiger partial charge in [-0.1, -0.05) is 123 Å². The van der Waals surface area contributed by atoms with Gasteiger partial charge in [-0.2, -0.15) is 0 Å². The van der Waals surface area contributed by atoms with Crippen LogP contribution in [0.4, 0.5) is 0 Å². The minimum absolute atomic E-state index is 0.0942. The van der Waals surface area contributed by atoms with Gasteiger partial charge in [-0.3, -0.25) is 29.0 Å². The van der Waals surface area contributed by atoms with Gasteiger partial charge in [0.05, 0.1) is 12.7 Å². The maximum absolute atomic E-state index is 14.5. The van der Waals surface area contributed by atoms with Crippen LogP contribution in [0.3, 0.4) is 0 Å². The number of aliphatic hydroxyl groups excluding tert-OH is 2. The highest BCUT2D eigenvalue weighted by molar-refractivity contribution is 6.42. The van der Waals surface area contributed by atoms with Crippen molar-refractivity contribution in [1.82, 2.24) is 9.80 Å². The van der Waals surface area contributed by atoms with Crippen molar-refractivity contribution in [3.63, 3.8) is 0 Å². The quantitative estimate of drug-likeness (QED) is 0.0431. The Morgan fingerprint density at radius 1 is 0.483 bits per heavy atom. The van der Waals surface area contributed by atoms with Crippen LogP contribution in [-0.2, 0) is 0 Å². The molecule has 0 bridgehead atoms. The Labute approximate surface area is 342 Å². The SMILES string of the molecule is CCCCC(CCCC)C(CO)CN1C(=O)c2ccc3c4ccc5c6c(cc(OC)c(c7ccc(c2c37)C1=O)c64)C(=O)N(CC(CO)C(CCCC)CCCC)C5=O. The Bertz CT molecular complexity index is 2310. The lowest BCUT2D eigenvalue weighted by atomic mass is 9.80. The van der Waals surface area contributed by atoms with Gasteiger partial charge in [0.25, 0.3) is 23.6 Å². The number of hydrogen-bond donors (Lipinski definition) is 2. The second-order valence-electron chi connectivity index (χ2n) is 16.9. The van der Waals surface area contributed by atoms with Gasteiger partial charge in [-0.05, 0) is 57.6 Å². The molecule has 2 atom stereocenters. The van der Waals surface area contributed by atoms with E-state index in [1.165, 1.54) is 9.80 Å². The van der Waals surface area contributed by atoms with Gasteiger partial charge >= 0.3 is 0 Å². The lowest BCUT2D eigenvalue weighted by Gasteiger charge is -2.34. The van der Waals surface area contributed by atoms with Gasteiger partial charge < -0.3 is 14.9 Å². The van der Waals surface area contributed by atoms with Crippen LogP contribution in [0, 0.1) is 23.7 Å². The molecule has 0 radical (unpaired) electrons. The Hall–Kier alpha value is -4.60. The van der Waals surface area contributed by atoms with E-state index in [-0.39, 0.29) is 67.7 Å². The molecule has 9 nitrogen and oxygen atoms in total. The molecule has 0 spiro atoms. The van der Waals surface area contributed by atoms with Gasteiger partial charge in [0.1, 0.15) is 5.75 Å². The predicted octanol–water partition coefficient (Wildman–Crippen LogP) is 10.1. The van der Waals surface area contributed by atoms with E-state index < -0.39 is 5.91 Å². The molecule has 2 unspecified atom stereocenters. The number of carbonyl (C=O) groups excluding carboxylic acids is 4. The Balaban J connectivity index is 1.33. The van der Waals surface area contributed by atoms with E-state index in [0.29, 0.717) is 44.2 Å². The van der Waals surface area contributed by atoms with E-state index in [1.54, 1.807) is 31.4 Å². The summed E-state index contributed by atoms with van der Waals surface area (Å²) in [5.41, 5.74) is 1.69. The number of carbonyl (C=O) groups is 4. The van der Waals surface area contributed by atoms with Crippen LogP contribution in [0.5, 0.6) is 5.75 Å². The van der Waals surface area contributed by atoms with Crippen LogP contribution < -0.4 is 4.74 Å². The molecule has 0 saturated heterocycles. The number of hydrogen-bond acceptors (Lipinski definition) is 7. The number of unbranched alkanes of at least 4 members (excludes halogenated alkanes) is 4. The lowest BCUT2D eigenvalue weighted by molar-refractivity contribution is 0.0498. The average molecular weight is 789 g/mol. The molecule has 5 aromatic carbocycles. The summed E-state index contributed by atoms with van der Waals surface area (Å²) in [6, 6.07) is 12.8. The van der Waals surface area contributed by atoms with Crippen molar-refractivity contribution < 1.29 is 34.1 Å². The minimum Gasteiger partial charge on any atom is -0.496 e. The first kappa shape index (κ1) is 41.6. The molecule has 9 heteroatoms. The molecule has 2 N–H and O–H groups in total. The molecule has 0 aliphatic carbocycles.